The van der Waals surface area contributed by atoms with Gasteiger partial charge >= 0.3 is 0 Å². The highest BCUT2D eigenvalue weighted by Gasteiger charge is 2.44. The van der Waals surface area contributed by atoms with Gasteiger partial charge in [-0.15, -0.1) is 0 Å². The number of likely N-dealkylation sites (tertiary alicyclic amines) is 1. The van der Waals surface area contributed by atoms with Gasteiger partial charge in [0, 0.05) is 51.3 Å². The first-order valence-electron chi connectivity index (χ1n) is 15.8. The van der Waals surface area contributed by atoms with E-state index in [1.165, 1.54) is 12.7 Å². The number of ether oxygens (including phenoxy) is 1. The third-order valence-corrected chi connectivity index (χ3v) is 15.0. The number of alkyl halides is 1. The molecule has 0 bridgehead atoms. The Morgan fingerprint density at radius 3 is 2.52 bits per heavy atom. The molecular formula is C32H53ClN6O4Si. The summed E-state index contributed by atoms with van der Waals surface area (Å²) >= 11 is 6.91. The van der Waals surface area contributed by atoms with Gasteiger partial charge in [-0.3, -0.25) is 25.0 Å². The molecule has 1 aromatic heterocycles. The first-order chi connectivity index (χ1) is 20.4. The molecule has 0 radical (unpaired) electrons. The highest BCUT2D eigenvalue weighted by atomic mass is 35.5. The number of aliphatic imine (C=N–C) groups is 1. The molecule has 2 atom stereocenters. The molecule has 10 nitrogen and oxygen atoms in total. The number of aliphatic hydroxyl groups is 1. The molecule has 3 heterocycles. The molecule has 1 saturated heterocycles. The summed E-state index contributed by atoms with van der Waals surface area (Å²) in [7, 11) is -0.392. The summed E-state index contributed by atoms with van der Waals surface area (Å²) in [6.07, 6.45) is 3.18. The zero-order valence-corrected chi connectivity index (χ0v) is 29.9. The summed E-state index contributed by atoms with van der Waals surface area (Å²) in [6, 6.07) is 1.28. The molecule has 1 amide bonds. The van der Waals surface area contributed by atoms with Crippen LogP contribution >= 0.6 is 11.6 Å². The van der Waals surface area contributed by atoms with Crippen LogP contribution in [0.1, 0.15) is 74.8 Å². The molecule has 3 aliphatic rings. The van der Waals surface area contributed by atoms with E-state index in [1.807, 2.05) is 19.9 Å². The lowest BCUT2D eigenvalue weighted by Crippen LogP contribution is -2.59. The maximum Gasteiger partial charge on any atom is 0.271 e. The Morgan fingerprint density at radius 2 is 1.95 bits per heavy atom. The molecule has 246 valence electrons. The predicted molar refractivity (Wildman–Crippen MR) is 179 cm³/mol. The molecule has 12 heteroatoms. The number of aromatic nitrogens is 1. The number of carbonyl (C=O) groups excluding carboxylic acids is 1. The number of carbonyl (C=O) groups is 1. The van der Waals surface area contributed by atoms with E-state index in [4.69, 9.17) is 36.1 Å². The van der Waals surface area contributed by atoms with E-state index in [2.05, 4.69) is 49.0 Å². The molecule has 0 spiro atoms. The predicted octanol–water partition coefficient (Wildman–Crippen LogP) is 4.36. The van der Waals surface area contributed by atoms with Crippen molar-refractivity contribution in [3.05, 3.63) is 28.6 Å². The van der Waals surface area contributed by atoms with Gasteiger partial charge in [0.1, 0.15) is 16.4 Å². The Morgan fingerprint density at radius 1 is 1.30 bits per heavy atom. The number of nitrogens with zero attached hydrogens (tertiary/aromatic N) is 4. The third kappa shape index (κ3) is 8.08. The van der Waals surface area contributed by atoms with E-state index in [0.717, 1.165) is 56.7 Å². The van der Waals surface area contributed by atoms with Crippen molar-refractivity contribution in [1.82, 2.24) is 20.1 Å². The fourth-order valence-corrected chi connectivity index (χ4v) is 7.10. The zero-order chi connectivity index (χ0) is 32.7. The van der Waals surface area contributed by atoms with Gasteiger partial charge in [-0.2, -0.15) is 0 Å². The molecule has 1 saturated carbocycles. The largest absolute Gasteiger partial charge is 0.480 e. The third-order valence-electron chi connectivity index (χ3n) is 10.1. The van der Waals surface area contributed by atoms with Crippen LogP contribution < -0.4 is 5.32 Å². The van der Waals surface area contributed by atoms with Crippen molar-refractivity contribution >= 4 is 37.4 Å². The van der Waals surface area contributed by atoms with E-state index in [0.29, 0.717) is 24.5 Å². The fourth-order valence-electron chi connectivity index (χ4n) is 5.63. The number of nitrogens with one attached hydrogen (secondary N) is 2. The summed E-state index contributed by atoms with van der Waals surface area (Å²) in [5, 5.41) is 21.2. The lowest BCUT2D eigenvalue weighted by molar-refractivity contribution is 0.0212. The molecule has 1 aromatic rings. The standard InChI is InChI=1S/C32H53ClN6O4Si/c1-21-14-25(36-26-17-38(13-10-24(21)26)19-32(20-40)11-12-32)29(41)37-31(6,33)22(2)35-27(28(34)42-7)18-39-15-23(16-39)43-44(8,9)30(3,4)5/h14,22-23,34,40H,10-13,15-20H2,1-9H3,(H,37,41)/b34-28?,35-27-/t22?,31-/m1/s1. The molecule has 1 unspecified atom stereocenters. The summed E-state index contributed by atoms with van der Waals surface area (Å²) in [6.45, 7) is 21.5. The number of pyridine rings is 1. The van der Waals surface area contributed by atoms with Gasteiger partial charge in [0.05, 0.1) is 24.9 Å². The molecule has 44 heavy (non-hydrogen) atoms. The number of rotatable bonds is 12. The average Bonchev–Trinajstić information content (AvgIpc) is 3.69. The normalized spacial score (nSPS) is 21.6. The monoisotopic (exact) mass is 648 g/mol. The minimum absolute atomic E-state index is 0.0184. The molecule has 3 N–H and O–H groups in total. The first kappa shape index (κ1) is 35.0. The number of hydrogen-bond acceptors (Lipinski definition) is 9. The number of methoxy groups -OCH3 is 1. The van der Waals surface area contributed by atoms with Crippen LogP contribution in [0.5, 0.6) is 0 Å². The van der Waals surface area contributed by atoms with Crippen molar-refractivity contribution in [1.29, 1.82) is 5.41 Å². The van der Waals surface area contributed by atoms with Crippen LogP contribution in [-0.4, -0.2) is 109 Å². The number of hydrogen-bond donors (Lipinski definition) is 3. The number of aryl methyl sites for hydroxylation is 1. The topological polar surface area (TPSA) is 123 Å². The van der Waals surface area contributed by atoms with Crippen LogP contribution in [0.4, 0.5) is 0 Å². The van der Waals surface area contributed by atoms with Crippen molar-refractivity contribution in [2.45, 2.75) is 103 Å². The smallest absolute Gasteiger partial charge is 0.271 e. The lowest BCUT2D eigenvalue weighted by Gasteiger charge is -2.46. The quantitative estimate of drug-likeness (QED) is 0.101. The fraction of sp³-hybridized carbons (Fsp3) is 0.750. The summed E-state index contributed by atoms with van der Waals surface area (Å²) < 4.78 is 11.8. The molecule has 2 fully saturated rings. The van der Waals surface area contributed by atoms with Crippen molar-refractivity contribution in [2.75, 3.05) is 46.4 Å². The van der Waals surface area contributed by atoms with Gasteiger partial charge in [0.15, 0.2) is 8.32 Å². The molecular weight excluding hydrogens is 596 g/mol. The van der Waals surface area contributed by atoms with Crippen LogP contribution in [0.2, 0.25) is 18.1 Å². The van der Waals surface area contributed by atoms with E-state index in [1.54, 1.807) is 6.92 Å². The van der Waals surface area contributed by atoms with Crippen LogP contribution in [0, 0.1) is 17.7 Å². The number of aliphatic hydroxyl groups excluding tert-OH is 1. The second kappa shape index (κ2) is 13.1. The van der Waals surface area contributed by atoms with Crippen LogP contribution in [0.3, 0.4) is 0 Å². The number of fused-ring (bicyclic) bond motifs is 1. The van der Waals surface area contributed by atoms with Gasteiger partial charge in [0.2, 0.25) is 5.90 Å². The maximum absolute atomic E-state index is 13.5. The number of amides is 1. The van der Waals surface area contributed by atoms with E-state index in [-0.39, 0.29) is 35.0 Å². The van der Waals surface area contributed by atoms with Gasteiger partial charge in [-0.1, -0.05) is 32.4 Å². The van der Waals surface area contributed by atoms with Gasteiger partial charge in [0.25, 0.3) is 5.91 Å². The van der Waals surface area contributed by atoms with Crippen LogP contribution in [0.15, 0.2) is 11.1 Å². The summed E-state index contributed by atoms with van der Waals surface area (Å²) in [5.74, 6) is -0.381. The summed E-state index contributed by atoms with van der Waals surface area (Å²) in [4.78, 5) is 26.3. The maximum atomic E-state index is 13.5. The molecule has 1 aliphatic carbocycles. The minimum Gasteiger partial charge on any atom is -0.480 e. The first-order valence-corrected chi connectivity index (χ1v) is 19.1. The Bertz CT molecular complexity index is 1270. The average molecular weight is 649 g/mol. The lowest BCUT2D eigenvalue weighted by atomic mass is 9.97. The Balaban J connectivity index is 1.39. The van der Waals surface area contributed by atoms with Gasteiger partial charge in [-0.05, 0) is 75.4 Å². The number of halogens is 1. The highest BCUT2D eigenvalue weighted by Crippen LogP contribution is 2.46. The molecule has 2 aliphatic heterocycles. The molecule has 4 rings (SSSR count). The summed E-state index contributed by atoms with van der Waals surface area (Å²) in [5.41, 5.74) is 4.00. The van der Waals surface area contributed by atoms with Crippen LogP contribution in [-0.2, 0) is 22.1 Å². The van der Waals surface area contributed by atoms with E-state index in [9.17, 15) is 9.90 Å². The van der Waals surface area contributed by atoms with Gasteiger partial charge in [-0.25, -0.2) is 4.98 Å². The molecule has 0 aromatic carbocycles. The van der Waals surface area contributed by atoms with Crippen molar-refractivity contribution in [2.24, 2.45) is 10.4 Å². The van der Waals surface area contributed by atoms with Crippen molar-refractivity contribution in [3.8, 4) is 0 Å². The Kier molecular flexibility index (Phi) is 10.4. The zero-order valence-electron chi connectivity index (χ0n) is 28.1. The van der Waals surface area contributed by atoms with Crippen LogP contribution in [0.25, 0.3) is 0 Å². The minimum atomic E-state index is -1.85. The second-order valence-electron chi connectivity index (χ2n) is 14.9. The van der Waals surface area contributed by atoms with E-state index >= 15 is 0 Å². The van der Waals surface area contributed by atoms with E-state index < -0.39 is 19.4 Å². The van der Waals surface area contributed by atoms with Crippen molar-refractivity contribution in [3.63, 3.8) is 0 Å². The highest BCUT2D eigenvalue weighted by molar-refractivity contribution is 6.74. The SMILES string of the molecule is COC(=N)/C(CN1CC(O[Si](C)(C)C(C)(C)C)C1)=N\C(C)[C@](C)(Cl)NC(=O)c1cc(C)c2c(n1)CN(CC1(CO)CC1)CC2. The second-order valence-corrected chi connectivity index (χ2v) is 20.4. The van der Waals surface area contributed by atoms with Gasteiger partial charge < -0.3 is 19.6 Å². The Hall–Kier alpha value is -1.89. The Labute approximate surface area is 269 Å². The van der Waals surface area contributed by atoms with Crippen molar-refractivity contribution < 1.29 is 19.1 Å².